The molecule has 1 aromatic heterocycles. The summed E-state index contributed by atoms with van der Waals surface area (Å²) < 4.78 is 20.0. The van der Waals surface area contributed by atoms with Gasteiger partial charge < -0.3 is 4.74 Å². The van der Waals surface area contributed by atoms with E-state index in [1.807, 2.05) is 18.2 Å². The Morgan fingerprint density at radius 3 is 2.22 bits per heavy atom. The van der Waals surface area contributed by atoms with Crippen molar-refractivity contribution in [2.75, 3.05) is 6.61 Å². The van der Waals surface area contributed by atoms with Crippen molar-refractivity contribution in [3.05, 3.63) is 41.8 Å². The summed E-state index contributed by atoms with van der Waals surface area (Å²) in [6, 6.07) is 9.07. The van der Waals surface area contributed by atoms with Gasteiger partial charge in [0.2, 0.25) is 0 Å². The maximum atomic E-state index is 14.4. The minimum atomic E-state index is -0.338. The highest BCUT2D eigenvalue weighted by molar-refractivity contribution is 5.59. The van der Waals surface area contributed by atoms with Crippen molar-refractivity contribution in [1.29, 1.82) is 0 Å². The highest BCUT2D eigenvalue weighted by Crippen LogP contribution is 2.34. The van der Waals surface area contributed by atoms with Gasteiger partial charge in [0.15, 0.2) is 11.6 Å². The molecule has 1 heterocycles. The van der Waals surface area contributed by atoms with E-state index in [2.05, 4.69) is 24.0 Å². The standard InChI is InChI=1S/C28H41FN2O/c1-3-5-7-9-22-10-12-23(13-11-22)14-16-25-17-18-27(31-30-25)24-15-19-28(26(29)21-24)32-20-8-6-4-2/h15,17-19,21-23H,3-14,16,20H2,1-2H3. The zero-order valence-electron chi connectivity index (χ0n) is 20.1. The van der Waals surface area contributed by atoms with E-state index >= 15 is 0 Å². The van der Waals surface area contributed by atoms with E-state index in [4.69, 9.17) is 4.74 Å². The molecule has 0 spiro atoms. The molecule has 4 heteroatoms. The Morgan fingerprint density at radius 1 is 0.844 bits per heavy atom. The molecule has 1 fully saturated rings. The van der Waals surface area contributed by atoms with Gasteiger partial charge in [0.1, 0.15) is 0 Å². The molecule has 2 aromatic rings. The Balaban J connectivity index is 1.44. The van der Waals surface area contributed by atoms with Crippen molar-refractivity contribution in [2.45, 2.75) is 97.3 Å². The lowest BCUT2D eigenvalue weighted by atomic mass is 9.78. The van der Waals surface area contributed by atoms with Crippen LogP contribution < -0.4 is 4.74 Å². The minimum absolute atomic E-state index is 0.314. The van der Waals surface area contributed by atoms with Gasteiger partial charge in [-0.05, 0) is 61.4 Å². The second kappa shape index (κ2) is 13.5. The molecule has 0 saturated heterocycles. The number of nitrogens with zero attached hydrogens (tertiary/aromatic N) is 2. The molecule has 0 bridgehead atoms. The third kappa shape index (κ3) is 7.86. The van der Waals surface area contributed by atoms with Gasteiger partial charge in [-0.1, -0.05) is 78.1 Å². The van der Waals surface area contributed by atoms with Crippen LogP contribution in [0.15, 0.2) is 30.3 Å². The van der Waals surface area contributed by atoms with Gasteiger partial charge in [-0.2, -0.15) is 10.2 Å². The van der Waals surface area contributed by atoms with Crippen molar-refractivity contribution in [1.82, 2.24) is 10.2 Å². The van der Waals surface area contributed by atoms with E-state index in [0.29, 0.717) is 18.1 Å². The van der Waals surface area contributed by atoms with Crippen LogP contribution in [0.3, 0.4) is 0 Å². The zero-order chi connectivity index (χ0) is 22.6. The van der Waals surface area contributed by atoms with Crippen LogP contribution >= 0.6 is 0 Å². The van der Waals surface area contributed by atoms with E-state index in [0.717, 1.165) is 48.8 Å². The number of hydrogen-bond donors (Lipinski definition) is 0. The summed E-state index contributed by atoms with van der Waals surface area (Å²) in [5.41, 5.74) is 2.48. The van der Waals surface area contributed by atoms with Crippen LogP contribution in [0.4, 0.5) is 4.39 Å². The first-order valence-electron chi connectivity index (χ1n) is 12.9. The van der Waals surface area contributed by atoms with Crippen molar-refractivity contribution < 1.29 is 9.13 Å². The minimum Gasteiger partial charge on any atom is -0.491 e. The van der Waals surface area contributed by atoms with Gasteiger partial charge in [0.25, 0.3) is 0 Å². The maximum Gasteiger partial charge on any atom is 0.165 e. The fraction of sp³-hybridized carbons (Fsp3) is 0.643. The summed E-state index contributed by atoms with van der Waals surface area (Å²) in [4.78, 5) is 0. The Bertz CT molecular complexity index is 785. The Hall–Kier alpha value is -1.97. The lowest BCUT2D eigenvalue weighted by molar-refractivity contribution is 0.248. The molecule has 1 aliphatic rings. The quantitative estimate of drug-likeness (QED) is 0.295. The van der Waals surface area contributed by atoms with Gasteiger partial charge in [-0.25, -0.2) is 4.39 Å². The average Bonchev–Trinajstić information content (AvgIpc) is 2.83. The molecule has 0 aliphatic heterocycles. The Labute approximate surface area is 194 Å². The van der Waals surface area contributed by atoms with Crippen LogP contribution in [0.25, 0.3) is 11.3 Å². The average molecular weight is 441 g/mol. The summed E-state index contributed by atoms with van der Waals surface area (Å²) in [5, 5.41) is 8.79. The third-order valence-corrected chi connectivity index (χ3v) is 6.94. The second-order valence-electron chi connectivity index (χ2n) is 9.53. The van der Waals surface area contributed by atoms with Crippen LogP contribution in [0.2, 0.25) is 0 Å². The van der Waals surface area contributed by atoms with Gasteiger partial charge >= 0.3 is 0 Å². The monoisotopic (exact) mass is 440 g/mol. The number of hydrogen-bond acceptors (Lipinski definition) is 3. The number of ether oxygens (including phenoxy) is 1. The van der Waals surface area contributed by atoms with Crippen LogP contribution in [-0.4, -0.2) is 16.8 Å². The number of halogens is 1. The Morgan fingerprint density at radius 2 is 1.56 bits per heavy atom. The number of aryl methyl sites for hydroxylation is 1. The van der Waals surface area contributed by atoms with Crippen LogP contribution in [0.5, 0.6) is 5.75 Å². The largest absolute Gasteiger partial charge is 0.491 e. The van der Waals surface area contributed by atoms with E-state index in [1.54, 1.807) is 6.07 Å². The first-order valence-corrected chi connectivity index (χ1v) is 12.9. The molecule has 1 aromatic carbocycles. The predicted octanol–water partition coefficient (Wildman–Crippen LogP) is 8.17. The smallest absolute Gasteiger partial charge is 0.165 e. The first kappa shape index (κ1) is 24.7. The van der Waals surface area contributed by atoms with E-state index < -0.39 is 0 Å². The van der Waals surface area contributed by atoms with Gasteiger partial charge in [0, 0.05) is 5.56 Å². The molecule has 1 aliphatic carbocycles. The van der Waals surface area contributed by atoms with E-state index in [1.165, 1.54) is 63.9 Å². The van der Waals surface area contributed by atoms with Crippen molar-refractivity contribution in [2.24, 2.45) is 11.8 Å². The molecular formula is C28H41FN2O. The summed E-state index contributed by atoms with van der Waals surface area (Å²) in [7, 11) is 0. The number of aromatic nitrogens is 2. The topological polar surface area (TPSA) is 35.0 Å². The van der Waals surface area contributed by atoms with Crippen LogP contribution in [0.1, 0.15) is 96.6 Å². The SMILES string of the molecule is CCCCCOc1ccc(-c2ccc(CCC3CCC(CCCCC)CC3)nn2)cc1F. The predicted molar refractivity (Wildman–Crippen MR) is 130 cm³/mol. The fourth-order valence-electron chi connectivity index (χ4n) is 4.80. The lowest BCUT2D eigenvalue weighted by Gasteiger charge is -2.28. The second-order valence-corrected chi connectivity index (χ2v) is 9.53. The molecule has 1 saturated carbocycles. The molecule has 3 rings (SSSR count). The molecule has 0 N–H and O–H groups in total. The molecule has 0 unspecified atom stereocenters. The lowest BCUT2D eigenvalue weighted by Crippen LogP contribution is -2.15. The summed E-state index contributed by atoms with van der Waals surface area (Å²) in [5.74, 6) is 1.77. The summed E-state index contributed by atoms with van der Waals surface area (Å²) in [6.45, 7) is 4.98. The number of unbranched alkanes of at least 4 members (excludes halogenated alkanes) is 4. The molecule has 176 valence electrons. The van der Waals surface area contributed by atoms with Crippen molar-refractivity contribution in [3.63, 3.8) is 0 Å². The highest BCUT2D eigenvalue weighted by Gasteiger charge is 2.20. The van der Waals surface area contributed by atoms with Gasteiger partial charge in [-0.3, -0.25) is 0 Å². The normalized spacial score (nSPS) is 18.6. The molecule has 0 radical (unpaired) electrons. The number of rotatable bonds is 13. The van der Waals surface area contributed by atoms with E-state index in [9.17, 15) is 4.39 Å². The van der Waals surface area contributed by atoms with Crippen molar-refractivity contribution in [3.8, 4) is 17.0 Å². The van der Waals surface area contributed by atoms with Gasteiger partial charge in [0.05, 0.1) is 18.0 Å². The zero-order valence-corrected chi connectivity index (χ0v) is 20.1. The molecule has 32 heavy (non-hydrogen) atoms. The summed E-state index contributed by atoms with van der Waals surface area (Å²) in [6.07, 6.45) is 16.5. The molecule has 0 atom stereocenters. The summed E-state index contributed by atoms with van der Waals surface area (Å²) >= 11 is 0. The van der Waals surface area contributed by atoms with Gasteiger partial charge in [-0.15, -0.1) is 0 Å². The first-order chi connectivity index (χ1) is 15.7. The molecular weight excluding hydrogens is 399 g/mol. The van der Waals surface area contributed by atoms with Crippen LogP contribution in [0, 0.1) is 17.7 Å². The fourth-order valence-corrected chi connectivity index (χ4v) is 4.80. The van der Waals surface area contributed by atoms with Crippen LogP contribution in [-0.2, 0) is 6.42 Å². The molecule has 3 nitrogen and oxygen atoms in total. The maximum absolute atomic E-state index is 14.4. The molecule has 0 amide bonds. The van der Waals surface area contributed by atoms with Crippen molar-refractivity contribution >= 4 is 0 Å². The third-order valence-electron chi connectivity index (χ3n) is 6.94. The number of benzene rings is 1. The Kier molecular flexibility index (Phi) is 10.4. The highest BCUT2D eigenvalue weighted by atomic mass is 19.1. The van der Waals surface area contributed by atoms with E-state index in [-0.39, 0.29) is 5.82 Å².